The van der Waals surface area contributed by atoms with Gasteiger partial charge in [0.05, 0.1) is 39.4 Å². The third kappa shape index (κ3) is 5.18. The van der Waals surface area contributed by atoms with E-state index >= 15 is 0 Å². The summed E-state index contributed by atoms with van der Waals surface area (Å²) in [4.78, 5) is 54.0. The molecule has 1 aromatic carbocycles. The fourth-order valence-electron chi connectivity index (χ4n) is 7.35. The summed E-state index contributed by atoms with van der Waals surface area (Å²) < 4.78 is 22.2. The normalized spacial score (nSPS) is 21.3. The number of aromatic nitrogens is 3. The van der Waals surface area contributed by atoms with E-state index in [1.165, 1.54) is 23.5 Å². The molecule has 3 aromatic heterocycles. The summed E-state index contributed by atoms with van der Waals surface area (Å²) in [5.74, 6) is -0.614. The summed E-state index contributed by atoms with van der Waals surface area (Å²) in [7, 11) is 0. The van der Waals surface area contributed by atoms with Crippen LogP contribution >= 0.6 is 11.3 Å². The summed E-state index contributed by atoms with van der Waals surface area (Å²) >= 11 is 1.46. The maximum Gasteiger partial charge on any atom is 0.411 e. The lowest BCUT2D eigenvalue weighted by Crippen LogP contribution is -2.61. The molecule has 11 heteroatoms. The Balaban J connectivity index is 1.15. The molecular formula is C35H38FN5O4S. The van der Waals surface area contributed by atoms with Crippen molar-refractivity contribution in [1.82, 2.24) is 24.3 Å². The van der Waals surface area contributed by atoms with E-state index in [1.807, 2.05) is 37.6 Å². The summed E-state index contributed by atoms with van der Waals surface area (Å²) in [6.07, 6.45) is 7.35. The number of ether oxygens (including phenoxy) is 1. The standard InChI is InChI=1S/C35H38FN5O4S/c1-19(2)29-32(46-18-38-29)25-13-22(36)7-9-27(25)40-17-26(24-10-11-37-14-28(24)40)31(42)21-15-39(16-21)33(43)30-20-6-8-23(12-20)41(30)34(44)45-35(3,4)5/h7,9-11,13-14,17-21,23,30H,6,8,12,15-16H2,1-5H3/t20-,23+,30-/m0/s1. The molecule has 1 aliphatic carbocycles. The molecule has 0 spiro atoms. The molecule has 2 bridgehead atoms. The number of hydrogen-bond donors (Lipinski definition) is 0. The Morgan fingerprint density at radius 2 is 1.89 bits per heavy atom. The molecule has 7 rings (SSSR count). The first-order valence-corrected chi connectivity index (χ1v) is 16.8. The Morgan fingerprint density at radius 3 is 2.63 bits per heavy atom. The van der Waals surface area contributed by atoms with E-state index in [-0.39, 0.29) is 41.3 Å². The van der Waals surface area contributed by atoms with Crippen molar-refractivity contribution in [3.05, 3.63) is 65.4 Å². The van der Waals surface area contributed by atoms with Crippen LogP contribution in [-0.2, 0) is 9.53 Å². The molecule has 4 aromatic rings. The average molecular weight is 644 g/mol. The van der Waals surface area contributed by atoms with Crippen LogP contribution in [0.2, 0.25) is 0 Å². The van der Waals surface area contributed by atoms with Gasteiger partial charge in [-0.1, -0.05) is 13.8 Å². The Labute approximate surface area is 271 Å². The molecule has 9 nitrogen and oxygen atoms in total. The molecular weight excluding hydrogens is 605 g/mol. The van der Waals surface area contributed by atoms with Crippen molar-refractivity contribution >= 4 is 40.0 Å². The summed E-state index contributed by atoms with van der Waals surface area (Å²) in [6.45, 7) is 10.2. The largest absolute Gasteiger partial charge is 0.444 e. The van der Waals surface area contributed by atoms with E-state index in [0.717, 1.165) is 46.4 Å². The third-order valence-electron chi connectivity index (χ3n) is 9.48. The van der Waals surface area contributed by atoms with Gasteiger partial charge >= 0.3 is 6.09 Å². The number of ketones is 1. The maximum absolute atomic E-state index is 14.6. The van der Waals surface area contributed by atoms with Crippen LogP contribution in [0.25, 0.3) is 27.0 Å². The fourth-order valence-corrected chi connectivity index (χ4v) is 8.32. The van der Waals surface area contributed by atoms with E-state index in [9.17, 15) is 18.8 Å². The SMILES string of the molecule is CC(C)c1ncsc1-c1cc(F)ccc1-n1cc(C(=O)C2CN(C(=O)[C@@H]3[C@H]4CC[C@H](C4)N3C(=O)OC(C)(C)C)C2)c2ccncc21. The second-order valence-corrected chi connectivity index (χ2v) is 14.9. The van der Waals surface area contributed by atoms with Crippen molar-refractivity contribution in [3.8, 4) is 16.1 Å². The number of rotatable bonds is 6. The smallest absolute Gasteiger partial charge is 0.411 e. The summed E-state index contributed by atoms with van der Waals surface area (Å²) in [5.41, 5.74) is 4.71. The van der Waals surface area contributed by atoms with Crippen LogP contribution in [0.15, 0.2) is 48.4 Å². The van der Waals surface area contributed by atoms with E-state index in [4.69, 9.17) is 4.74 Å². The highest BCUT2D eigenvalue weighted by atomic mass is 32.1. The number of fused-ring (bicyclic) bond motifs is 3. The zero-order valence-corrected chi connectivity index (χ0v) is 27.5. The first-order valence-electron chi connectivity index (χ1n) is 15.9. The van der Waals surface area contributed by atoms with Gasteiger partial charge in [-0.15, -0.1) is 11.3 Å². The average Bonchev–Trinajstić information content (AvgIpc) is 3.78. The van der Waals surface area contributed by atoms with Gasteiger partial charge in [0.2, 0.25) is 5.91 Å². The molecule has 2 amide bonds. The highest BCUT2D eigenvalue weighted by Crippen LogP contribution is 2.45. The molecule has 0 N–H and O–H groups in total. The van der Waals surface area contributed by atoms with Crippen molar-refractivity contribution in [2.75, 3.05) is 13.1 Å². The number of halogens is 1. The molecule has 0 unspecified atom stereocenters. The molecule has 3 fully saturated rings. The quantitative estimate of drug-likeness (QED) is 0.214. The van der Waals surface area contributed by atoms with Crippen LogP contribution in [0.1, 0.15) is 75.9 Å². The molecule has 3 aliphatic rings. The van der Waals surface area contributed by atoms with Crippen LogP contribution < -0.4 is 0 Å². The van der Waals surface area contributed by atoms with Gasteiger partial charge in [0.25, 0.3) is 0 Å². The van der Waals surface area contributed by atoms with Gasteiger partial charge in [0.15, 0.2) is 5.78 Å². The molecule has 2 aliphatic heterocycles. The lowest BCUT2D eigenvalue weighted by Gasteiger charge is -2.43. The first kappa shape index (κ1) is 30.5. The van der Waals surface area contributed by atoms with Crippen LogP contribution in [0, 0.1) is 17.7 Å². The molecule has 240 valence electrons. The first-order chi connectivity index (χ1) is 21.9. The van der Waals surface area contributed by atoms with Crippen LogP contribution in [0.4, 0.5) is 9.18 Å². The number of hydrogen-bond acceptors (Lipinski definition) is 7. The molecule has 46 heavy (non-hydrogen) atoms. The van der Waals surface area contributed by atoms with Crippen molar-refractivity contribution in [2.45, 2.75) is 77.5 Å². The maximum atomic E-state index is 14.6. The van der Waals surface area contributed by atoms with E-state index in [1.54, 1.807) is 33.8 Å². The highest BCUT2D eigenvalue weighted by molar-refractivity contribution is 7.13. The number of Topliss-reactive ketones (excluding diaryl/α,β-unsaturated/α-hetero) is 1. The second kappa shape index (κ2) is 11.3. The minimum atomic E-state index is -0.651. The van der Waals surface area contributed by atoms with E-state index < -0.39 is 17.7 Å². The summed E-state index contributed by atoms with van der Waals surface area (Å²) in [6, 6.07) is 5.96. The van der Waals surface area contributed by atoms with Crippen molar-refractivity contribution in [2.24, 2.45) is 11.8 Å². The van der Waals surface area contributed by atoms with Gasteiger partial charge in [-0.3, -0.25) is 19.5 Å². The number of piperidine rings is 1. The molecule has 0 radical (unpaired) electrons. The second-order valence-electron chi connectivity index (χ2n) is 14.1. The Hall–Kier alpha value is -4.12. The molecule has 2 saturated heterocycles. The predicted molar refractivity (Wildman–Crippen MR) is 174 cm³/mol. The van der Waals surface area contributed by atoms with E-state index in [2.05, 4.69) is 23.8 Å². The van der Waals surface area contributed by atoms with Gasteiger partial charge < -0.3 is 14.2 Å². The zero-order valence-electron chi connectivity index (χ0n) is 26.7. The lowest BCUT2D eigenvalue weighted by atomic mass is 9.88. The number of thiazole rings is 1. The van der Waals surface area contributed by atoms with Gasteiger partial charge in [0, 0.05) is 48.0 Å². The number of likely N-dealkylation sites (tertiary alicyclic amines) is 2. The predicted octanol–water partition coefficient (Wildman–Crippen LogP) is 6.84. The minimum Gasteiger partial charge on any atom is -0.444 e. The monoisotopic (exact) mass is 643 g/mol. The van der Waals surface area contributed by atoms with Crippen LogP contribution in [0.5, 0.6) is 0 Å². The van der Waals surface area contributed by atoms with Gasteiger partial charge in [-0.2, -0.15) is 0 Å². The van der Waals surface area contributed by atoms with Gasteiger partial charge in [-0.05, 0) is 76.1 Å². The Morgan fingerprint density at radius 1 is 1.11 bits per heavy atom. The lowest BCUT2D eigenvalue weighted by molar-refractivity contribution is -0.143. The van der Waals surface area contributed by atoms with Gasteiger partial charge in [0.1, 0.15) is 17.5 Å². The van der Waals surface area contributed by atoms with E-state index in [0.29, 0.717) is 24.2 Å². The highest BCUT2D eigenvalue weighted by Gasteiger charge is 2.54. The van der Waals surface area contributed by atoms with Crippen molar-refractivity contribution < 1.29 is 23.5 Å². The summed E-state index contributed by atoms with van der Waals surface area (Å²) in [5, 5.41) is 0.748. The fraction of sp³-hybridized carbons (Fsp3) is 0.457. The molecule has 5 heterocycles. The van der Waals surface area contributed by atoms with Crippen LogP contribution in [-0.4, -0.2) is 72.9 Å². The third-order valence-corrected chi connectivity index (χ3v) is 10.4. The number of amides is 2. The Kier molecular flexibility index (Phi) is 7.49. The van der Waals surface area contributed by atoms with Crippen molar-refractivity contribution in [3.63, 3.8) is 0 Å². The van der Waals surface area contributed by atoms with Crippen molar-refractivity contribution in [1.29, 1.82) is 0 Å². The molecule has 3 atom stereocenters. The number of nitrogens with zero attached hydrogens (tertiary/aromatic N) is 5. The minimum absolute atomic E-state index is 0.0187. The number of carbonyl (C=O) groups is 3. The molecule has 1 saturated carbocycles. The number of pyridine rings is 1. The number of carbonyl (C=O) groups excluding carboxylic acids is 3. The number of benzene rings is 1. The van der Waals surface area contributed by atoms with Crippen LogP contribution in [0.3, 0.4) is 0 Å². The van der Waals surface area contributed by atoms with Gasteiger partial charge in [-0.25, -0.2) is 14.2 Å². The Bertz CT molecular complexity index is 1850. The zero-order chi connectivity index (χ0) is 32.5. The topological polar surface area (TPSA) is 97.6 Å².